The molecule has 1 N–H and O–H groups in total. The third-order valence-electron chi connectivity index (χ3n) is 4.41. The number of rotatable bonds is 8. The van der Waals surface area contributed by atoms with Crippen LogP contribution in [0, 0.1) is 5.92 Å². The Bertz CT molecular complexity index is 784. The van der Waals surface area contributed by atoms with Gasteiger partial charge in [0.1, 0.15) is 0 Å². The van der Waals surface area contributed by atoms with Gasteiger partial charge in [0.05, 0.1) is 18.3 Å². The van der Waals surface area contributed by atoms with Crippen LogP contribution in [0.4, 0.5) is 5.13 Å². The predicted octanol–water partition coefficient (Wildman–Crippen LogP) is 3.04. The van der Waals surface area contributed by atoms with Crippen LogP contribution in [0.2, 0.25) is 0 Å². The van der Waals surface area contributed by atoms with Crippen LogP contribution in [-0.2, 0) is 20.9 Å². The summed E-state index contributed by atoms with van der Waals surface area (Å²) in [7, 11) is 0. The first kappa shape index (κ1) is 20.6. The van der Waals surface area contributed by atoms with E-state index in [1.165, 1.54) is 28.7 Å². The standard InChI is InChI=1S/C19H24N4O3S2/c1-2-26-17(25)15-9-6-10-23(12-15)16(24)13-27-19-22-21-18(28-19)20-11-14-7-4-3-5-8-14/h3-5,7-8,15H,2,6,9-13H2,1H3,(H,20,21)/t15-/m0/s1. The van der Waals surface area contributed by atoms with Crippen molar-refractivity contribution >= 4 is 40.1 Å². The van der Waals surface area contributed by atoms with Gasteiger partial charge in [0, 0.05) is 19.6 Å². The van der Waals surface area contributed by atoms with Crippen LogP contribution in [0.1, 0.15) is 25.3 Å². The van der Waals surface area contributed by atoms with Crippen LogP contribution in [0.3, 0.4) is 0 Å². The lowest BCUT2D eigenvalue weighted by atomic mass is 9.98. The van der Waals surface area contributed by atoms with Crippen molar-refractivity contribution in [2.24, 2.45) is 5.92 Å². The maximum atomic E-state index is 12.5. The monoisotopic (exact) mass is 420 g/mol. The average molecular weight is 421 g/mol. The molecule has 0 bridgehead atoms. The summed E-state index contributed by atoms with van der Waals surface area (Å²) in [4.78, 5) is 26.2. The summed E-state index contributed by atoms with van der Waals surface area (Å²) in [5.41, 5.74) is 1.17. The van der Waals surface area contributed by atoms with Crippen molar-refractivity contribution < 1.29 is 14.3 Å². The highest BCUT2D eigenvalue weighted by atomic mass is 32.2. The molecule has 1 amide bonds. The molecule has 0 radical (unpaired) electrons. The zero-order valence-corrected chi connectivity index (χ0v) is 17.4. The minimum Gasteiger partial charge on any atom is -0.466 e. The Morgan fingerprint density at radius 3 is 2.93 bits per heavy atom. The highest BCUT2D eigenvalue weighted by Crippen LogP contribution is 2.27. The van der Waals surface area contributed by atoms with Crippen molar-refractivity contribution in [3.8, 4) is 0 Å². The number of nitrogens with one attached hydrogen (secondary N) is 1. The number of benzene rings is 1. The van der Waals surface area contributed by atoms with Gasteiger partial charge in [-0.1, -0.05) is 53.4 Å². The van der Waals surface area contributed by atoms with Crippen molar-refractivity contribution in [1.82, 2.24) is 15.1 Å². The fourth-order valence-corrected chi connectivity index (χ4v) is 4.63. The fourth-order valence-electron chi connectivity index (χ4n) is 2.98. The van der Waals surface area contributed by atoms with Gasteiger partial charge in [-0.05, 0) is 25.3 Å². The third kappa shape index (κ3) is 5.93. The number of piperidine rings is 1. The Morgan fingerprint density at radius 2 is 2.14 bits per heavy atom. The largest absolute Gasteiger partial charge is 0.466 e. The molecule has 0 aliphatic carbocycles. The predicted molar refractivity (Wildman–Crippen MR) is 110 cm³/mol. The van der Waals surface area contributed by atoms with E-state index in [2.05, 4.69) is 15.5 Å². The van der Waals surface area contributed by atoms with Crippen molar-refractivity contribution in [1.29, 1.82) is 0 Å². The second kappa shape index (κ2) is 10.4. The Morgan fingerprint density at radius 1 is 1.32 bits per heavy atom. The summed E-state index contributed by atoms with van der Waals surface area (Å²) in [6.45, 7) is 3.98. The molecule has 1 saturated heterocycles. The third-order valence-corrected chi connectivity index (χ3v) is 6.41. The molecular weight excluding hydrogens is 396 g/mol. The lowest BCUT2D eigenvalue weighted by Gasteiger charge is -2.31. The van der Waals surface area contributed by atoms with Gasteiger partial charge in [-0.3, -0.25) is 9.59 Å². The second-order valence-corrected chi connectivity index (χ2v) is 8.63. The maximum absolute atomic E-state index is 12.5. The van der Waals surface area contributed by atoms with E-state index in [0.717, 1.165) is 22.3 Å². The smallest absolute Gasteiger partial charge is 0.310 e. The molecule has 2 aromatic rings. The number of thioether (sulfide) groups is 1. The Balaban J connectivity index is 1.44. The normalized spacial score (nSPS) is 16.6. The number of hydrogen-bond donors (Lipinski definition) is 1. The SMILES string of the molecule is CCOC(=O)[C@H]1CCCN(C(=O)CSc2nnc(NCc3ccccc3)s2)C1. The molecule has 0 saturated carbocycles. The summed E-state index contributed by atoms with van der Waals surface area (Å²) in [5.74, 6) is -0.0973. The lowest BCUT2D eigenvalue weighted by Crippen LogP contribution is -2.43. The average Bonchev–Trinajstić information content (AvgIpc) is 3.19. The quantitative estimate of drug-likeness (QED) is 0.519. The van der Waals surface area contributed by atoms with Crippen LogP contribution in [0.5, 0.6) is 0 Å². The second-order valence-electron chi connectivity index (χ2n) is 6.43. The van der Waals surface area contributed by atoms with E-state index in [-0.39, 0.29) is 17.8 Å². The zero-order valence-electron chi connectivity index (χ0n) is 15.8. The first-order valence-corrected chi connectivity index (χ1v) is 11.1. The van der Waals surface area contributed by atoms with Crippen molar-refractivity contribution in [2.45, 2.75) is 30.6 Å². The minimum atomic E-state index is -0.210. The van der Waals surface area contributed by atoms with E-state index >= 15 is 0 Å². The van der Waals surface area contributed by atoms with Crippen molar-refractivity contribution in [3.05, 3.63) is 35.9 Å². The fraction of sp³-hybridized carbons (Fsp3) is 0.474. The molecule has 0 unspecified atom stereocenters. The summed E-state index contributed by atoms with van der Waals surface area (Å²) in [5, 5.41) is 12.2. The number of ether oxygens (including phenoxy) is 1. The summed E-state index contributed by atoms with van der Waals surface area (Å²) >= 11 is 2.82. The number of carbonyl (C=O) groups is 2. The van der Waals surface area contributed by atoms with Crippen LogP contribution >= 0.6 is 23.1 Å². The first-order valence-electron chi connectivity index (χ1n) is 9.34. The van der Waals surface area contributed by atoms with Crippen LogP contribution in [0.25, 0.3) is 0 Å². The van der Waals surface area contributed by atoms with E-state index in [1.54, 1.807) is 11.8 Å². The van der Waals surface area contributed by atoms with Crippen molar-refractivity contribution in [2.75, 3.05) is 30.8 Å². The summed E-state index contributed by atoms with van der Waals surface area (Å²) in [6, 6.07) is 10.1. The Labute approximate surface area is 172 Å². The van der Waals surface area contributed by atoms with E-state index in [0.29, 0.717) is 32.0 Å². The molecule has 1 fully saturated rings. The van der Waals surface area contributed by atoms with Crippen LogP contribution in [0.15, 0.2) is 34.7 Å². The molecule has 1 aromatic carbocycles. The molecule has 1 aliphatic heterocycles. The topological polar surface area (TPSA) is 84.4 Å². The van der Waals surface area contributed by atoms with Gasteiger partial charge in [-0.15, -0.1) is 10.2 Å². The van der Waals surface area contributed by atoms with Crippen molar-refractivity contribution in [3.63, 3.8) is 0 Å². The van der Waals surface area contributed by atoms with Gasteiger partial charge in [-0.2, -0.15) is 0 Å². The number of esters is 1. The molecule has 3 rings (SSSR count). The Hall–Kier alpha value is -2.13. The number of aromatic nitrogens is 2. The molecule has 2 heterocycles. The highest BCUT2D eigenvalue weighted by molar-refractivity contribution is 8.01. The summed E-state index contributed by atoms with van der Waals surface area (Å²) < 4.78 is 5.84. The van der Waals surface area contributed by atoms with E-state index in [9.17, 15) is 9.59 Å². The van der Waals surface area contributed by atoms with Gasteiger partial charge in [0.15, 0.2) is 4.34 Å². The lowest BCUT2D eigenvalue weighted by molar-refractivity contribution is -0.151. The number of nitrogens with zero attached hydrogens (tertiary/aromatic N) is 3. The number of carbonyl (C=O) groups excluding carboxylic acids is 2. The zero-order chi connectivity index (χ0) is 19.8. The molecule has 9 heteroatoms. The number of hydrogen-bond acceptors (Lipinski definition) is 8. The Kier molecular flexibility index (Phi) is 7.67. The first-order chi connectivity index (χ1) is 13.7. The highest BCUT2D eigenvalue weighted by Gasteiger charge is 2.29. The minimum absolute atomic E-state index is 0.0213. The van der Waals surface area contributed by atoms with Gasteiger partial charge in [0.2, 0.25) is 11.0 Å². The van der Waals surface area contributed by atoms with Crippen LogP contribution < -0.4 is 5.32 Å². The molecule has 1 atom stereocenters. The molecule has 1 aliphatic rings. The van der Waals surface area contributed by atoms with Gasteiger partial charge >= 0.3 is 5.97 Å². The van der Waals surface area contributed by atoms with Gasteiger partial charge < -0.3 is 15.0 Å². The number of likely N-dealkylation sites (tertiary alicyclic amines) is 1. The van der Waals surface area contributed by atoms with E-state index < -0.39 is 0 Å². The number of amides is 1. The maximum Gasteiger partial charge on any atom is 0.310 e. The molecule has 1 aromatic heterocycles. The molecule has 28 heavy (non-hydrogen) atoms. The van der Waals surface area contributed by atoms with E-state index in [1.807, 2.05) is 30.3 Å². The molecule has 150 valence electrons. The molecule has 0 spiro atoms. The van der Waals surface area contributed by atoms with Crippen LogP contribution in [-0.4, -0.2) is 52.4 Å². The van der Waals surface area contributed by atoms with Gasteiger partial charge in [-0.25, -0.2) is 0 Å². The molecule has 7 nitrogen and oxygen atoms in total. The summed E-state index contributed by atoms with van der Waals surface area (Å²) in [6.07, 6.45) is 1.61. The van der Waals surface area contributed by atoms with E-state index in [4.69, 9.17) is 4.74 Å². The van der Waals surface area contributed by atoms with Gasteiger partial charge in [0.25, 0.3) is 0 Å². The number of anilines is 1. The molecular formula is C19H24N4O3S2.